The van der Waals surface area contributed by atoms with Gasteiger partial charge in [0.05, 0.1) is 11.9 Å². The van der Waals surface area contributed by atoms with E-state index in [1.54, 1.807) is 48.5 Å². The fourth-order valence-electron chi connectivity index (χ4n) is 2.92. The SMILES string of the molecule is CC(=O)Nc1ccc(NC(=O)C2CCN(S(C)(=O)=O)c3ccccc3O2)cc1. The average Bonchev–Trinajstić information content (AvgIpc) is 2.82. The Morgan fingerprint density at radius 1 is 1.04 bits per heavy atom. The number of amides is 2. The Hall–Kier alpha value is -3.07. The lowest BCUT2D eigenvalue weighted by Crippen LogP contribution is -2.35. The molecule has 1 aliphatic rings. The molecule has 1 aliphatic heterocycles. The molecular formula is C19H21N3O5S. The molecule has 3 rings (SSSR count). The number of ether oxygens (including phenoxy) is 1. The summed E-state index contributed by atoms with van der Waals surface area (Å²) in [6.07, 6.45) is 0.487. The van der Waals surface area contributed by atoms with E-state index in [1.165, 1.54) is 11.2 Å². The number of carbonyl (C=O) groups is 2. The maximum absolute atomic E-state index is 12.7. The molecule has 2 aromatic rings. The van der Waals surface area contributed by atoms with Crippen molar-refractivity contribution in [3.8, 4) is 5.75 Å². The molecule has 0 bridgehead atoms. The normalized spacial score (nSPS) is 16.4. The van der Waals surface area contributed by atoms with Gasteiger partial charge in [0.25, 0.3) is 5.91 Å². The Labute approximate surface area is 163 Å². The van der Waals surface area contributed by atoms with Crippen molar-refractivity contribution in [2.45, 2.75) is 19.4 Å². The van der Waals surface area contributed by atoms with E-state index in [4.69, 9.17) is 4.74 Å². The lowest BCUT2D eigenvalue weighted by Gasteiger charge is -2.20. The minimum Gasteiger partial charge on any atom is -0.478 e. The van der Waals surface area contributed by atoms with Crippen LogP contribution in [0.1, 0.15) is 13.3 Å². The highest BCUT2D eigenvalue weighted by Gasteiger charge is 2.31. The molecule has 148 valence electrons. The summed E-state index contributed by atoms with van der Waals surface area (Å²) in [5.74, 6) is -0.221. The number of sulfonamides is 1. The van der Waals surface area contributed by atoms with Gasteiger partial charge in [-0.3, -0.25) is 13.9 Å². The largest absolute Gasteiger partial charge is 0.478 e. The Balaban J connectivity index is 1.76. The van der Waals surface area contributed by atoms with Crippen molar-refractivity contribution in [1.82, 2.24) is 0 Å². The third-order valence-electron chi connectivity index (χ3n) is 4.16. The summed E-state index contributed by atoms with van der Waals surface area (Å²) in [7, 11) is -3.50. The molecule has 1 unspecified atom stereocenters. The number of fused-ring (bicyclic) bond motifs is 1. The number of benzene rings is 2. The van der Waals surface area contributed by atoms with Gasteiger partial charge in [0, 0.05) is 31.3 Å². The lowest BCUT2D eigenvalue weighted by molar-refractivity contribution is -0.122. The van der Waals surface area contributed by atoms with E-state index in [-0.39, 0.29) is 24.8 Å². The predicted octanol–water partition coefficient (Wildman–Crippen LogP) is 2.20. The maximum atomic E-state index is 12.7. The minimum atomic E-state index is -3.50. The van der Waals surface area contributed by atoms with Crippen LogP contribution in [0.2, 0.25) is 0 Å². The van der Waals surface area contributed by atoms with Crippen LogP contribution in [0, 0.1) is 0 Å². The van der Waals surface area contributed by atoms with Gasteiger partial charge in [0.1, 0.15) is 5.75 Å². The van der Waals surface area contributed by atoms with Gasteiger partial charge in [-0.05, 0) is 36.4 Å². The number of para-hydroxylation sites is 2. The molecule has 0 aliphatic carbocycles. The Bertz CT molecular complexity index is 989. The van der Waals surface area contributed by atoms with Crippen LogP contribution in [0.3, 0.4) is 0 Å². The topological polar surface area (TPSA) is 105 Å². The summed E-state index contributed by atoms with van der Waals surface area (Å²) in [5, 5.41) is 5.41. The molecule has 0 spiro atoms. The Morgan fingerprint density at radius 3 is 2.25 bits per heavy atom. The first-order valence-electron chi connectivity index (χ1n) is 8.66. The van der Waals surface area contributed by atoms with Crippen LogP contribution in [-0.2, 0) is 19.6 Å². The molecule has 0 fully saturated rings. The molecule has 8 nitrogen and oxygen atoms in total. The van der Waals surface area contributed by atoms with E-state index in [1.807, 2.05) is 0 Å². The molecule has 0 aromatic heterocycles. The summed E-state index contributed by atoms with van der Waals surface area (Å²) in [4.78, 5) is 23.7. The van der Waals surface area contributed by atoms with Crippen molar-refractivity contribution in [2.75, 3.05) is 27.7 Å². The van der Waals surface area contributed by atoms with Crippen LogP contribution in [-0.4, -0.2) is 39.1 Å². The Kier molecular flexibility index (Phi) is 5.55. The van der Waals surface area contributed by atoms with Gasteiger partial charge in [0.2, 0.25) is 15.9 Å². The molecule has 2 aromatic carbocycles. The number of nitrogens with one attached hydrogen (secondary N) is 2. The summed E-state index contributed by atoms with van der Waals surface area (Å²) in [6, 6.07) is 13.4. The first-order valence-corrected chi connectivity index (χ1v) is 10.5. The van der Waals surface area contributed by atoms with Crippen molar-refractivity contribution in [1.29, 1.82) is 0 Å². The van der Waals surface area contributed by atoms with Gasteiger partial charge in [-0.15, -0.1) is 0 Å². The van der Waals surface area contributed by atoms with Crippen molar-refractivity contribution < 1.29 is 22.7 Å². The predicted molar refractivity (Wildman–Crippen MR) is 107 cm³/mol. The number of rotatable bonds is 4. The van der Waals surface area contributed by atoms with Gasteiger partial charge >= 0.3 is 0 Å². The number of nitrogens with zero attached hydrogens (tertiary/aromatic N) is 1. The standard InChI is InChI=1S/C19H21N3O5S/c1-13(23)20-14-7-9-15(10-8-14)21-19(24)18-11-12-22(28(2,25)26)16-5-3-4-6-17(16)27-18/h3-10,18H,11-12H2,1-2H3,(H,20,23)(H,21,24). The molecular weight excluding hydrogens is 382 g/mol. The summed E-state index contributed by atoms with van der Waals surface area (Å²) in [5.41, 5.74) is 1.58. The Morgan fingerprint density at radius 2 is 1.64 bits per heavy atom. The van der Waals surface area contributed by atoms with Crippen LogP contribution >= 0.6 is 0 Å². The van der Waals surface area contributed by atoms with Crippen LogP contribution < -0.4 is 19.7 Å². The van der Waals surface area contributed by atoms with Gasteiger partial charge in [0.15, 0.2) is 6.10 Å². The molecule has 0 saturated heterocycles. The third-order valence-corrected chi connectivity index (χ3v) is 5.34. The van der Waals surface area contributed by atoms with Crippen LogP contribution in [0.5, 0.6) is 5.75 Å². The molecule has 28 heavy (non-hydrogen) atoms. The van der Waals surface area contributed by atoms with Crippen LogP contribution in [0.4, 0.5) is 17.1 Å². The molecule has 9 heteroatoms. The zero-order valence-electron chi connectivity index (χ0n) is 15.5. The number of carbonyl (C=O) groups excluding carboxylic acids is 2. The van der Waals surface area contributed by atoms with Crippen molar-refractivity contribution in [3.63, 3.8) is 0 Å². The van der Waals surface area contributed by atoms with Gasteiger partial charge < -0.3 is 15.4 Å². The monoisotopic (exact) mass is 403 g/mol. The zero-order valence-corrected chi connectivity index (χ0v) is 16.3. The van der Waals surface area contributed by atoms with E-state index in [2.05, 4.69) is 10.6 Å². The number of hydrogen-bond donors (Lipinski definition) is 2. The van der Waals surface area contributed by atoms with Gasteiger partial charge in [-0.1, -0.05) is 12.1 Å². The zero-order chi connectivity index (χ0) is 20.3. The maximum Gasteiger partial charge on any atom is 0.265 e. The fourth-order valence-corrected chi connectivity index (χ4v) is 3.87. The van der Waals surface area contributed by atoms with Crippen molar-refractivity contribution in [2.24, 2.45) is 0 Å². The van der Waals surface area contributed by atoms with Crippen molar-refractivity contribution in [3.05, 3.63) is 48.5 Å². The highest BCUT2D eigenvalue weighted by molar-refractivity contribution is 7.92. The quantitative estimate of drug-likeness (QED) is 0.814. The van der Waals surface area contributed by atoms with Gasteiger partial charge in [-0.2, -0.15) is 0 Å². The molecule has 2 amide bonds. The fraction of sp³-hybridized carbons (Fsp3) is 0.263. The van der Waals surface area contributed by atoms with Crippen molar-refractivity contribution >= 4 is 38.9 Å². The van der Waals surface area contributed by atoms with E-state index < -0.39 is 16.1 Å². The molecule has 0 saturated carbocycles. The molecule has 0 radical (unpaired) electrons. The second-order valence-electron chi connectivity index (χ2n) is 6.45. The number of anilines is 3. The number of hydrogen-bond acceptors (Lipinski definition) is 5. The third kappa shape index (κ3) is 4.61. The summed E-state index contributed by atoms with van der Waals surface area (Å²) >= 11 is 0. The molecule has 1 heterocycles. The molecule has 2 N–H and O–H groups in total. The highest BCUT2D eigenvalue weighted by atomic mass is 32.2. The second-order valence-corrected chi connectivity index (χ2v) is 8.35. The second kappa shape index (κ2) is 7.89. The average molecular weight is 403 g/mol. The summed E-state index contributed by atoms with van der Waals surface area (Å²) in [6.45, 7) is 1.55. The first kappa shape index (κ1) is 19.7. The summed E-state index contributed by atoms with van der Waals surface area (Å²) < 4.78 is 31.3. The van der Waals surface area contributed by atoms with E-state index in [9.17, 15) is 18.0 Å². The lowest BCUT2D eigenvalue weighted by atomic mass is 10.2. The molecule has 1 atom stereocenters. The van der Waals surface area contributed by atoms with Crippen LogP contribution in [0.25, 0.3) is 0 Å². The smallest absolute Gasteiger partial charge is 0.265 e. The minimum absolute atomic E-state index is 0.134. The van der Waals surface area contributed by atoms with E-state index in [0.29, 0.717) is 22.8 Å². The van der Waals surface area contributed by atoms with E-state index >= 15 is 0 Å². The van der Waals surface area contributed by atoms with Gasteiger partial charge in [-0.25, -0.2) is 8.42 Å². The van der Waals surface area contributed by atoms with E-state index in [0.717, 1.165) is 6.26 Å². The first-order chi connectivity index (χ1) is 13.2. The van der Waals surface area contributed by atoms with Crippen LogP contribution in [0.15, 0.2) is 48.5 Å². The highest BCUT2D eigenvalue weighted by Crippen LogP contribution is 2.34.